The molecular formula is C9H15N3OS. The molecule has 1 fully saturated rings. The van der Waals surface area contributed by atoms with Crippen LogP contribution in [0.3, 0.4) is 0 Å². The Morgan fingerprint density at radius 3 is 2.93 bits per heavy atom. The van der Waals surface area contributed by atoms with E-state index in [0.29, 0.717) is 12.6 Å². The van der Waals surface area contributed by atoms with Crippen LogP contribution in [-0.2, 0) is 4.74 Å². The molecule has 0 N–H and O–H groups in total. The van der Waals surface area contributed by atoms with E-state index in [0.717, 1.165) is 11.7 Å². The lowest BCUT2D eigenvalue weighted by molar-refractivity contribution is -0.0211. The van der Waals surface area contributed by atoms with Crippen LogP contribution in [0.4, 0.5) is 0 Å². The number of thioether (sulfide) groups is 1. The smallest absolute Gasteiger partial charge is 0.208 e. The highest BCUT2D eigenvalue weighted by atomic mass is 32.2. The molecule has 1 heterocycles. The Bertz CT molecular complexity index is 261. The summed E-state index contributed by atoms with van der Waals surface area (Å²) in [5, 5.41) is 9.33. The minimum atomic E-state index is 0.210. The molecule has 1 aliphatic rings. The van der Waals surface area contributed by atoms with Gasteiger partial charge in [-0.2, -0.15) is 5.26 Å². The maximum absolute atomic E-state index is 8.54. The van der Waals surface area contributed by atoms with Crippen LogP contribution >= 0.6 is 11.8 Å². The topological polar surface area (TPSA) is 48.6 Å². The van der Waals surface area contributed by atoms with Crippen LogP contribution in [0.25, 0.3) is 0 Å². The van der Waals surface area contributed by atoms with E-state index in [1.165, 1.54) is 11.8 Å². The summed E-state index contributed by atoms with van der Waals surface area (Å²) in [6.07, 6.45) is 3.98. The first-order valence-electron chi connectivity index (χ1n) is 4.58. The first-order chi connectivity index (χ1) is 6.69. The highest BCUT2D eigenvalue weighted by Crippen LogP contribution is 2.16. The molecule has 14 heavy (non-hydrogen) atoms. The molecule has 0 saturated carbocycles. The summed E-state index contributed by atoms with van der Waals surface area (Å²) in [4.78, 5) is 5.93. The van der Waals surface area contributed by atoms with E-state index in [-0.39, 0.29) is 6.10 Å². The Labute approximate surface area is 88.9 Å². The molecule has 0 aromatic carbocycles. The Morgan fingerprint density at radius 1 is 1.64 bits per heavy atom. The summed E-state index contributed by atoms with van der Waals surface area (Å²) in [6.45, 7) is 5.62. The lowest BCUT2D eigenvalue weighted by Gasteiger charge is -2.37. The van der Waals surface area contributed by atoms with E-state index >= 15 is 0 Å². The Hall–Kier alpha value is -0.730. The molecule has 2 unspecified atom stereocenters. The third-order valence-corrected chi connectivity index (χ3v) is 2.87. The van der Waals surface area contributed by atoms with Crippen LogP contribution in [0.2, 0.25) is 0 Å². The van der Waals surface area contributed by atoms with Crippen LogP contribution in [-0.4, -0.2) is 41.6 Å². The van der Waals surface area contributed by atoms with Gasteiger partial charge in [0, 0.05) is 6.54 Å². The number of amidine groups is 1. The first kappa shape index (κ1) is 11.3. The second-order valence-electron chi connectivity index (χ2n) is 3.34. The molecule has 0 bridgehead atoms. The molecule has 0 aromatic rings. The van der Waals surface area contributed by atoms with Gasteiger partial charge in [-0.1, -0.05) is 11.8 Å². The predicted molar refractivity (Wildman–Crippen MR) is 58.1 cm³/mol. The summed E-state index contributed by atoms with van der Waals surface area (Å²) < 4.78 is 5.50. The third kappa shape index (κ3) is 2.63. The van der Waals surface area contributed by atoms with Gasteiger partial charge in [-0.3, -0.25) is 0 Å². The lowest BCUT2D eigenvalue weighted by atomic mass is 10.2. The fourth-order valence-corrected chi connectivity index (χ4v) is 2.06. The quantitative estimate of drug-likeness (QED) is 0.346. The maximum atomic E-state index is 8.54. The van der Waals surface area contributed by atoms with Crippen molar-refractivity contribution in [2.24, 2.45) is 4.99 Å². The molecule has 5 heteroatoms. The Kier molecular flexibility index (Phi) is 4.23. The highest BCUT2D eigenvalue weighted by Gasteiger charge is 2.25. The summed E-state index contributed by atoms with van der Waals surface area (Å²) in [5.41, 5.74) is 0. The van der Waals surface area contributed by atoms with Gasteiger partial charge < -0.3 is 9.64 Å². The summed E-state index contributed by atoms with van der Waals surface area (Å²) in [5.74, 6) is 0. The SMILES string of the molecule is CSC(=NC#N)N1CC(C)OCC1C. The van der Waals surface area contributed by atoms with E-state index in [4.69, 9.17) is 10.00 Å². The molecule has 1 rings (SSSR count). The van der Waals surface area contributed by atoms with Gasteiger partial charge in [0.05, 0.1) is 18.8 Å². The number of nitriles is 1. The standard InChI is InChI=1S/C9H15N3OS/c1-7-5-13-8(2)4-12(7)9(14-3)11-6-10/h7-8H,4-5H2,1-3H3. The number of hydrogen-bond donors (Lipinski definition) is 0. The fourth-order valence-electron chi connectivity index (χ4n) is 1.44. The van der Waals surface area contributed by atoms with E-state index < -0.39 is 0 Å². The minimum Gasteiger partial charge on any atom is -0.375 e. The van der Waals surface area contributed by atoms with Gasteiger partial charge in [-0.05, 0) is 20.1 Å². The molecule has 78 valence electrons. The van der Waals surface area contributed by atoms with E-state index in [2.05, 4.69) is 16.8 Å². The van der Waals surface area contributed by atoms with Crippen molar-refractivity contribution in [1.29, 1.82) is 5.26 Å². The van der Waals surface area contributed by atoms with Crippen molar-refractivity contribution in [2.75, 3.05) is 19.4 Å². The normalized spacial score (nSPS) is 28.7. The molecule has 0 spiro atoms. The first-order valence-corrected chi connectivity index (χ1v) is 5.80. The molecule has 0 aromatic heterocycles. The average Bonchev–Trinajstić information content (AvgIpc) is 2.18. The monoisotopic (exact) mass is 213 g/mol. The molecule has 1 saturated heterocycles. The van der Waals surface area contributed by atoms with Crippen molar-refractivity contribution in [1.82, 2.24) is 4.90 Å². The van der Waals surface area contributed by atoms with Crippen molar-refractivity contribution in [3.63, 3.8) is 0 Å². The molecule has 4 nitrogen and oxygen atoms in total. The Balaban J connectivity index is 2.73. The van der Waals surface area contributed by atoms with Crippen molar-refractivity contribution < 1.29 is 4.74 Å². The number of morpholine rings is 1. The van der Waals surface area contributed by atoms with Crippen molar-refractivity contribution in [3.8, 4) is 6.19 Å². The van der Waals surface area contributed by atoms with Crippen LogP contribution in [0.1, 0.15) is 13.8 Å². The zero-order valence-corrected chi connectivity index (χ0v) is 9.54. The molecule has 2 atom stereocenters. The summed E-state index contributed by atoms with van der Waals surface area (Å²) >= 11 is 1.50. The van der Waals surface area contributed by atoms with Gasteiger partial charge >= 0.3 is 0 Å². The largest absolute Gasteiger partial charge is 0.375 e. The zero-order valence-electron chi connectivity index (χ0n) is 8.73. The number of rotatable bonds is 0. The van der Waals surface area contributed by atoms with Crippen LogP contribution in [0, 0.1) is 11.5 Å². The van der Waals surface area contributed by atoms with E-state index in [1.807, 2.05) is 19.4 Å². The van der Waals surface area contributed by atoms with Gasteiger partial charge in [0.2, 0.25) is 6.19 Å². The van der Waals surface area contributed by atoms with Crippen molar-refractivity contribution in [3.05, 3.63) is 0 Å². The van der Waals surface area contributed by atoms with Crippen molar-refractivity contribution >= 4 is 16.9 Å². The Morgan fingerprint density at radius 2 is 2.36 bits per heavy atom. The zero-order chi connectivity index (χ0) is 10.6. The summed E-state index contributed by atoms with van der Waals surface area (Å²) in [6, 6.07) is 0.297. The second-order valence-corrected chi connectivity index (χ2v) is 4.12. The van der Waals surface area contributed by atoms with Gasteiger partial charge in [-0.15, -0.1) is 4.99 Å². The van der Waals surface area contributed by atoms with Gasteiger partial charge in [-0.25, -0.2) is 0 Å². The number of hydrogen-bond acceptors (Lipinski definition) is 4. The van der Waals surface area contributed by atoms with Crippen LogP contribution < -0.4 is 0 Å². The summed E-state index contributed by atoms with van der Waals surface area (Å²) in [7, 11) is 0. The van der Waals surface area contributed by atoms with Gasteiger partial charge in [0.1, 0.15) is 0 Å². The van der Waals surface area contributed by atoms with Crippen molar-refractivity contribution in [2.45, 2.75) is 26.0 Å². The van der Waals surface area contributed by atoms with Crippen LogP contribution in [0.15, 0.2) is 4.99 Å². The lowest BCUT2D eigenvalue weighted by Crippen LogP contribution is -2.49. The number of aliphatic imine (C=N–C) groups is 1. The molecular weight excluding hydrogens is 198 g/mol. The molecule has 0 radical (unpaired) electrons. The highest BCUT2D eigenvalue weighted by molar-refractivity contribution is 8.13. The fraction of sp³-hybridized carbons (Fsp3) is 0.778. The van der Waals surface area contributed by atoms with E-state index in [9.17, 15) is 0 Å². The van der Waals surface area contributed by atoms with Gasteiger partial charge in [0.25, 0.3) is 0 Å². The molecule has 0 amide bonds. The molecule has 1 aliphatic heterocycles. The maximum Gasteiger partial charge on any atom is 0.208 e. The number of nitrogens with zero attached hydrogens (tertiary/aromatic N) is 3. The number of ether oxygens (including phenoxy) is 1. The minimum absolute atomic E-state index is 0.210. The third-order valence-electron chi connectivity index (χ3n) is 2.18. The van der Waals surface area contributed by atoms with E-state index in [1.54, 1.807) is 0 Å². The van der Waals surface area contributed by atoms with Crippen LogP contribution in [0.5, 0.6) is 0 Å². The molecule has 0 aliphatic carbocycles. The predicted octanol–water partition coefficient (Wildman–Crippen LogP) is 1.30. The second kappa shape index (κ2) is 5.23. The average molecular weight is 213 g/mol. The van der Waals surface area contributed by atoms with Gasteiger partial charge in [0.15, 0.2) is 5.17 Å².